The van der Waals surface area contributed by atoms with Gasteiger partial charge in [0, 0.05) is 12.6 Å². The van der Waals surface area contributed by atoms with Gasteiger partial charge >= 0.3 is 0 Å². The van der Waals surface area contributed by atoms with E-state index in [4.69, 9.17) is 0 Å². The zero-order chi connectivity index (χ0) is 26.3. The molecule has 196 valence electrons. The Hall–Kier alpha value is -2.87. The number of hydrogen-bond acceptors (Lipinski definition) is 4. The maximum absolute atomic E-state index is 13.7. The summed E-state index contributed by atoms with van der Waals surface area (Å²) < 4.78 is 26.8. The minimum atomic E-state index is -3.74. The predicted molar refractivity (Wildman–Crippen MR) is 144 cm³/mol. The first-order valence-corrected chi connectivity index (χ1v) is 14.6. The van der Waals surface area contributed by atoms with Crippen LogP contribution in [0, 0.1) is 13.8 Å². The number of nitrogens with zero attached hydrogens (tertiary/aromatic N) is 2. The van der Waals surface area contributed by atoms with Crippen molar-refractivity contribution in [2.75, 3.05) is 23.7 Å². The molecule has 2 amide bonds. The summed E-state index contributed by atoms with van der Waals surface area (Å²) in [5.41, 5.74) is 3.10. The smallest absolute Gasteiger partial charge is 0.244 e. The molecule has 1 aliphatic rings. The standard InChI is InChI=1S/C28H39N3O4S/c1-21-12-11-13-22(2)27(21)31(36(4,34)35)20-26(32)30(19-18-24-14-7-5-8-15-24)23(3)28(33)29-25-16-9-6-10-17-25/h5,7-8,11-15,23,25H,6,9-10,16-20H2,1-4H3,(H,29,33)/t23-/m1/s1. The van der Waals surface area contributed by atoms with Crippen molar-refractivity contribution in [1.29, 1.82) is 0 Å². The van der Waals surface area contributed by atoms with Gasteiger partial charge in [0.2, 0.25) is 21.8 Å². The molecule has 2 aromatic rings. The van der Waals surface area contributed by atoms with Crippen LogP contribution in [0.25, 0.3) is 0 Å². The van der Waals surface area contributed by atoms with E-state index in [-0.39, 0.29) is 18.5 Å². The van der Waals surface area contributed by atoms with Crippen molar-refractivity contribution >= 4 is 27.5 Å². The Balaban J connectivity index is 1.85. The lowest BCUT2D eigenvalue weighted by molar-refractivity contribution is -0.139. The second-order valence-electron chi connectivity index (χ2n) is 9.85. The summed E-state index contributed by atoms with van der Waals surface area (Å²) in [5, 5.41) is 3.12. The molecule has 1 saturated carbocycles. The van der Waals surface area contributed by atoms with Crippen molar-refractivity contribution in [3.8, 4) is 0 Å². The van der Waals surface area contributed by atoms with E-state index >= 15 is 0 Å². The minimum absolute atomic E-state index is 0.127. The molecule has 0 unspecified atom stereocenters. The molecular formula is C28H39N3O4S. The van der Waals surface area contributed by atoms with Gasteiger partial charge in [-0.2, -0.15) is 0 Å². The molecule has 1 fully saturated rings. The predicted octanol–water partition coefficient (Wildman–Crippen LogP) is 3.98. The number of sulfonamides is 1. The topological polar surface area (TPSA) is 86.8 Å². The van der Waals surface area contributed by atoms with Crippen LogP contribution in [0.4, 0.5) is 5.69 Å². The third kappa shape index (κ3) is 7.32. The van der Waals surface area contributed by atoms with Gasteiger partial charge < -0.3 is 10.2 Å². The average molecular weight is 514 g/mol. The Morgan fingerprint density at radius 1 is 0.972 bits per heavy atom. The number of rotatable bonds is 10. The Kier molecular flexibility index (Phi) is 9.54. The van der Waals surface area contributed by atoms with Crippen molar-refractivity contribution in [3.05, 3.63) is 65.2 Å². The van der Waals surface area contributed by atoms with Gasteiger partial charge in [-0.05, 0) is 56.7 Å². The Morgan fingerprint density at radius 3 is 2.17 bits per heavy atom. The molecular weight excluding hydrogens is 474 g/mol. The fourth-order valence-electron chi connectivity index (χ4n) is 4.91. The highest BCUT2D eigenvalue weighted by Crippen LogP contribution is 2.27. The van der Waals surface area contributed by atoms with Crippen LogP contribution in [0.1, 0.15) is 55.7 Å². The summed E-state index contributed by atoms with van der Waals surface area (Å²) in [4.78, 5) is 28.4. The highest BCUT2D eigenvalue weighted by molar-refractivity contribution is 7.92. The first-order chi connectivity index (χ1) is 17.1. The van der Waals surface area contributed by atoms with E-state index in [9.17, 15) is 18.0 Å². The van der Waals surface area contributed by atoms with Gasteiger partial charge in [0.1, 0.15) is 12.6 Å². The van der Waals surface area contributed by atoms with Crippen molar-refractivity contribution in [3.63, 3.8) is 0 Å². The molecule has 7 nitrogen and oxygen atoms in total. The number of carbonyl (C=O) groups is 2. The number of aryl methyl sites for hydroxylation is 2. The summed E-state index contributed by atoms with van der Waals surface area (Å²) >= 11 is 0. The van der Waals surface area contributed by atoms with Gasteiger partial charge in [-0.25, -0.2) is 8.42 Å². The summed E-state index contributed by atoms with van der Waals surface area (Å²) in [6.07, 6.45) is 6.94. The van der Waals surface area contributed by atoms with E-state index in [2.05, 4.69) is 5.32 Å². The number of carbonyl (C=O) groups excluding carboxylic acids is 2. The number of anilines is 1. The molecule has 36 heavy (non-hydrogen) atoms. The molecule has 1 aliphatic carbocycles. The minimum Gasteiger partial charge on any atom is -0.352 e. The molecule has 0 radical (unpaired) electrons. The summed E-state index contributed by atoms with van der Waals surface area (Å²) in [6, 6.07) is 14.7. The second kappa shape index (κ2) is 12.4. The lowest BCUT2D eigenvalue weighted by Crippen LogP contribution is -2.53. The van der Waals surface area contributed by atoms with Gasteiger partial charge in [-0.1, -0.05) is 67.8 Å². The quantitative estimate of drug-likeness (QED) is 0.521. The maximum Gasteiger partial charge on any atom is 0.244 e. The average Bonchev–Trinajstić information content (AvgIpc) is 2.84. The Bertz CT molecular complexity index is 1120. The van der Waals surface area contributed by atoms with Crippen LogP contribution in [-0.2, 0) is 26.0 Å². The number of para-hydroxylation sites is 1. The number of benzene rings is 2. The van der Waals surface area contributed by atoms with Gasteiger partial charge in [0.05, 0.1) is 11.9 Å². The fraction of sp³-hybridized carbons (Fsp3) is 0.500. The monoisotopic (exact) mass is 513 g/mol. The second-order valence-corrected chi connectivity index (χ2v) is 11.8. The lowest BCUT2D eigenvalue weighted by atomic mass is 9.95. The Morgan fingerprint density at radius 2 is 1.58 bits per heavy atom. The fourth-order valence-corrected chi connectivity index (χ4v) is 5.88. The van der Waals surface area contributed by atoms with E-state index in [0.717, 1.165) is 48.6 Å². The Labute approximate surface area is 215 Å². The van der Waals surface area contributed by atoms with Gasteiger partial charge in [0.15, 0.2) is 0 Å². The molecule has 1 N–H and O–H groups in total. The number of amides is 2. The van der Waals surface area contributed by atoms with Gasteiger partial charge in [-0.15, -0.1) is 0 Å². The van der Waals surface area contributed by atoms with Crippen molar-refractivity contribution in [2.45, 2.75) is 71.4 Å². The molecule has 0 bridgehead atoms. The number of hydrogen-bond donors (Lipinski definition) is 1. The van der Waals surface area contributed by atoms with E-state index in [1.807, 2.05) is 62.4 Å². The maximum atomic E-state index is 13.7. The van der Waals surface area contributed by atoms with Gasteiger partial charge in [0.25, 0.3) is 0 Å². The first kappa shape index (κ1) is 27.7. The van der Waals surface area contributed by atoms with Crippen LogP contribution >= 0.6 is 0 Å². The zero-order valence-corrected chi connectivity index (χ0v) is 22.7. The molecule has 0 aromatic heterocycles. The molecule has 0 spiro atoms. The van der Waals surface area contributed by atoms with E-state index in [1.54, 1.807) is 6.92 Å². The van der Waals surface area contributed by atoms with Crippen molar-refractivity contribution < 1.29 is 18.0 Å². The normalized spacial score (nSPS) is 15.2. The molecule has 1 atom stereocenters. The molecule has 8 heteroatoms. The van der Waals surface area contributed by atoms with Crippen molar-refractivity contribution in [2.24, 2.45) is 0 Å². The molecule has 2 aromatic carbocycles. The van der Waals surface area contributed by atoms with Crippen LogP contribution < -0.4 is 9.62 Å². The van der Waals surface area contributed by atoms with Gasteiger partial charge in [-0.3, -0.25) is 13.9 Å². The molecule has 3 rings (SSSR count). The third-order valence-electron chi connectivity index (χ3n) is 6.97. The molecule has 0 aliphatic heterocycles. The van der Waals surface area contributed by atoms with Crippen LogP contribution in [0.5, 0.6) is 0 Å². The van der Waals surface area contributed by atoms with E-state index < -0.39 is 22.0 Å². The van der Waals surface area contributed by atoms with Crippen LogP contribution in [0.2, 0.25) is 0 Å². The largest absolute Gasteiger partial charge is 0.352 e. The van der Waals surface area contributed by atoms with E-state index in [1.165, 1.54) is 15.6 Å². The number of nitrogens with one attached hydrogen (secondary N) is 1. The zero-order valence-electron chi connectivity index (χ0n) is 21.9. The molecule has 0 heterocycles. The summed E-state index contributed by atoms with van der Waals surface area (Å²) in [5.74, 6) is -0.591. The van der Waals surface area contributed by atoms with Crippen LogP contribution in [0.15, 0.2) is 48.5 Å². The van der Waals surface area contributed by atoms with E-state index in [0.29, 0.717) is 18.7 Å². The SMILES string of the molecule is Cc1cccc(C)c1N(CC(=O)N(CCc1ccccc1)[C@H](C)C(=O)NC1CCCCC1)S(C)(=O)=O. The van der Waals surface area contributed by atoms with Crippen LogP contribution in [0.3, 0.4) is 0 Å². The third-order valence-corrected chi connectivity index (χ3v) is 8.08. The highest BCUT2D eigenvalue weighted by Gasteiger charge is 2.31. The highest BCUT2D eigenvalue weighted by atomic mass is 32.2. The van der Waals surface area contributed by atoms with Crippen LogP contribution in [-0.4, -0.2) is 56.6 Å². The molecule has 0 saturated heterocycles. The summed E-state index contributed by atoms with van der Waals surface area (Å²) in [6.45, 7) is 5.34. The van der Waals surface area contributed by atoms with Crippen molar-refractivity contribution in [1.82, 2.24) is 10.2 Å². The first-order valence-electron chi connectivity index (χ1n) is 12.8. The summed E-state index contributed by atoms with van der Waals surface area (Å²) in [7, 11) is -3.74. The lowest BCUT2D eigenvalue weighted by Gasteiger charge is -2.33.